The molecule has 2 N–H and O–H groups in total. The number of ether oxygens (including phenoxy) is 1. The molecule has 0 radical (unpaired) electrons. The molecule has 2 heteroatoms. The second kappa shape index (κ2) is 7.38. The fourth-order valence-electron chi connectivity index (χ4n) is 2.77. The molecule has 0 aromatic rings. The molecule has 0 amide bonds. The molecule has 17 heavy (non-hydrogen) atoms. The Morgan fingerprint density at radius 3 is 2.18 bits per heavy atom. The van der Waals surface area contributed by atoms with Crippen LogP contribution in [0.5, 0.6) is 0 Å². The molecule has 1 atom stereocenters. The van der Waals surface area contributed by atoms with Crippen molar-refractivity contribution < 1.29 is 4.74 Å². The Labute approximate surface area is 107 Å². The summed E-state index contributed by atoms with van der Waals surface area (Å²) < 4.78 is 5.46. The van der Waals surface area contributed by atoms with E-state index in [-0.39, 0.29) is 5.60 Å². The van der Waals surface area contributed by atoms with Crippen molar-refractivity contribution in [1.82, 2.24) is 0 Å². The van der Waals surface area contributed by atoms with E-state index < -0.39 is 0 Å². The lowest BCUT2D eigenvalue weighted by molar-refractivity contribution is 0.0109. The number of rotatable bonds is 5. The van der Waals surface area contributed by atoms with E-state index in [0.717, 1.165) is 18.8 Å². The van der Waals surface area contributed by atoms with Crippen molar-refractivity contribution in [2.24, 2.45) is 11.7 Å². The molecule has 102 valence electrons. The van der Waals surface area contributed by atoms with Gasteiger partial charge in [0.1, 0.15) is 0 Å². The Bertz CT molecular complexity index is 195. The predicted molar refractivity (Wildman–Crippen MR) is 74.1 cm³/mol. The Balaban J connectivity index is 2.31. The summed E-state index contributed by atoms with van der Waals surface area (Å²) in [6, 6.07) is 0.377. The van der Waals surface area contributed by atoms with Crippen LogP contribution in [-0.4, -0.2) is 18.8 Å². The highest BCUT2D eigenvalue weighted by molar-refractivity contribution is 4.78. The van der Waals surface area contributed by atoms with E-state index in [1.54, 1.807) is 7.11 Å². The lowest BCUT2D eigenvalue weighted by Crippen LogP contribution is -2.34. The van der Waals surface area contributed by atoms with Gasteiger partial charge in [-0.15, -0.1) is 0 Å². The molecule has 0 spiro atoms. The van der Waals surface area contributed by atoms with Crippen LogP contribution < -0.4 is 5.73 Å². The van der Waals surface area contributed by atoms with Gasteiger partial charge in [-0.25, -0.2) is 0 Å². The van der Waals surface area contributed by atoms with Gasteiger partial charge in [-0.05, 0) is 45.4 Å². The average Bonchev–Trinajstić information content (AvgIpc) is 2.26. The minimum absolute atomic E-state index is 0.0146. The highest BCUT2D eigenvalue weighted by Gasteiger charge is 2.22. The quantitative estimate of drug-likeness (QED) is 0.793. The van der Waals surface area contributed by atoms with E-state index in [1.165, 1.54) is 44.9 Å². The summed E-state index contributed by atoms with van der Waals surface area (Å²) in [5.74, 6) is 0.753. The normalized spacial score (nSPS) is 21.9. The molecular weight excluding hydrogens is 210 g/mol. The Morgan fingerprint density at radius 1 is 1.12 bits per heavy atom. The lowest BCUT2D eigenvalue weighted by atomic mass is 9.83. The first-order chi connectivity index (χ1) is 8.05. The SMILES string of the molecule is COC(C)(C)CCC(N)C1CCCCCCC1. The van der Waals surface area contributed by atoms with Crippen LogP contribution in [0.15, 0.2) is 0 Å². The number of hydrogen-bond donors (Lipinski definition) is 1. The Hall–Kier alpha value is -0.0800. The van der Waals surface area contributed by atoms with Gasteiger partial charge in [0.25, 0.3) is 0 Å². The van der Waals surface area contributed by atoms with E-state index in [1.807, 2.05) is 0 Å². The minimum atomic E-state index is -0.0146. The summed E-state index contributed by atoms with van der Waals surface area (Å²) >= 11 is 0. The molecule has 0 heterocycles. The monoisotopic (exact) mass is 241 g/mol. The second-order valence-electron chi connectivity index (χ2n) is 6.27. The van der Waals surface area contributed by atoms with Gasteiger partial charge in [-0.1, -0.05) is 32.1 Å². The first-order valence-electron chi connectivity index (χ1n) is 7.36. The maximum Gasteiger partial charge on any atom is 0.0623 e. The van der Waals surface area contributed by atoms with Crippen molar-refractivity contribution in [2.75, 3.05) is 7.11 Å². The fraction of sp³-hybridized carbons (Fsp3) is 1.00. The van der Waals surface area contributed by atoms with Crippen LogP contribution in [-0.2, 0) is 4.74 Å². The zero-order valence-electron chi connectivity index (χ0n) is 12.0. The van der Waals surface area contributed by atoms with Crippen molar-refractivity contribution in [3.8, 4) is 0 Å². The van der Waals surface area contributed by atoms with Gasteiger partial charge in [-0.2, -0.15) is 0 Å². The van der Waals surface area contributed by atoms with Crippen molar-refractivity contribution in [3.63, 3.8) is 0 Å². The van der Waals surface area contributed by atoms with Crippen LogP contribution >= 0.6 is 0 Å². The van der Waals surface area contributed by atoms with Gasteiger partial charge in [-0.3, -0.25) is 0 Å². The van der Waals surface area contributed by atoms with Gasteiger partial charge >= 0.3 is 0 Å². The molecule has 1 saturated carbocycles. The number of hydrogen-bond acceptors (Lipinski definition) is 2. The van der Waals surface area contributed by atoms with Crippen molar-refractivity contribution in [3.05, 3.63) is 0 Å². The van der Waals surface area contributed by atoms with Gasteiger partial charge < -0.3 is 10.5 Å². The third-order valence-corrected chi connectivity index (χ3v) is 4.39. The van der Waals surface area contributed by atoms with E-state index in [9.17, 15) is 0 Å². The number of nitrogens with two attached hydrogens (primary N) is 1. The maximum atomic E-state index is 6.38. The summed E-state index contributed by atoms with van der Waals surface area (Å²) in [6.45, 7) is 4.30. The Morgan fingerprint density at radius 2 is 1.65 bits per heavy atom. The van der Waals surface area contributed by atoms with Crippen LogP contribution in [0.4, 0.5) is 0 Å². The van der Waals surface area contributed by atoms with Crippen LogP contribution in [0.1, 0.15) is 71.6 Å². The van der Waals surface area contributed by atoms with Gasteiger partial charge in [0.05, 0.1) is 5.60 Å². The van der Waals surface area contributed by atoms with Crippen LogP contribution in [0, 0.1) is 5.92 Å². The molecule has 1 aliphatic carbocycles. The smallest absolute Gasteiger partial charge is 0.0623 e. The van der Waals surface area contributed by atoms with E-state index in [4.69, 9.17) is 10.5 Å². The molecule has 0 bridgehead atoms. The summed E-state index contributed by atoms with van der Waals surface area (Å²) in [4.78, 5) is 0. The van der Waals surface area contributed by atoms with Gasteiger partial charge in [0.15, 0.2) is 0 Å². The highest BCUT2D eigenvalue weighted by atomic mass is 16.5. The second-order valence-corrected chi connectivity index (χ2v) is 6.27. The first kappa shape index (κ1) is 15.0. The Kier molecular flexibility index (Phi) is 6.50. The largest absolute Gasteiger partial charge is 0.379 e. The van der Waals surface area contributed by atoms with Crippen LogP contribution in [0.25, 0.3) is 0 Å². The molecule has 1 fully saturated rings. The van der Waals surface area contributed by atoms with Gasteiger partial charge in [0.2, 0.25) is 0 Å². The van der Waals surface area contributed by atoms with E-state index >= 15 is 0 Å². The summed E-state index contributed by atoms with van der Waals surface area (Å²) in [5.41, 5.74) is 6.36. The predicted octanol–water partition coefficient (Wildman–Crippen LogP) is 3.88. The topological polar surface area (TPSA) is 35.2 Å². The molecule has 1 unspecified atom stereocenters. The average molecular weight is 241 g/mol. The third-order valence-electron chi connectivity index (χ3n) is 4.39. The fourth-order valence-corrected chi connectivity index (χ4v) is 2.77. The van der Waals surface area contributed by atoms with Crippen molar-refractivity contribution in [2.45, 2.75) is 83.3 Å². The first-order valence-corrected chi connectivity index (χ1v) is 7.36. The van der Waals surface area contributed by atoms with Crippen LogP contribution in [0.2, 0.25) is 0 Å². The molecule has 0 saturated heterocycles. The molecule has 1 rings (SSSR count). The standard InChI is InChI=1S/C15H31NO/c1-15(2,17-3)12-11-14(16)13-9-7-5-4-6-8-10-13/h13-14H,4-12,16H2,1-3H3. The zero-order valence-corrected chi connectivity index (χ0v) is 12.0. The maximum absolute atomic E-state index is 6.38. The summed E-state index contributed by atoms with van der Waals surface area (Å²) in [7, 11) is 1.79. The van der Waals surface area contributed by atoms with Crippen molar-refractivity contribution >= 4 is 0 Å². The van der Waals surface area contributed by atoms with Crippen LogP contribution in [0.3, 0.4) is 0 Å². The molecule has 2 nitrogen and oxygen atoms in total. The molecule has 0 aromatic carbocycles. The third kappa shape index (κ3) is 5.87. The van der Waals surface area contributed by atoms with E-state index in [0.29, 0.717) is 6.04 Å². The highest BCUT2D eigenvalue weighted by Crippen LogP contribution is 2.27. The molecule has 0 aromatic heterocycles. The van der Waals surface area contributed by atoms with Gasteiger partial charge in [0, 0.05) is 13.2 Å². The molecular formula is C15H31NO. The lowest BCUT2D eigenvalue weighted by Gasteiger charge is -2.29. The molecule has 0 aliphatic heterocycles. The number of methoxy groups -OCH3 is 1. The molecule has 1 aliphatic rings. The zero-order chi connectivity index (χ0) is 12.7. The minimum Gasteiger partial charge on any atom is -0.379 e. The summed E-state index contributed by atoms with van der Waals surface area (Å²) in [5, 5.41) is 0. The van der Waals surface area contributed by atoms with E-state index in [2.05, 4.69) is 13.8 Å². The van der Waals surface area contributed by atoms with Crippen molar-refractivity contribution in [1.29, 1.82) is 0 Å². The summed E-state index contributed by atoms with van der Waals surface area (Å²) in [6.07, 6.45) is 11.9.